The summed E-state index contributed by atoms with van der Waals surface area (Å²) in [6.07, 6.45) is 5.59. The second-order valence-corrected chi connectivity index (χ2v) is 5.89. The van der Waals surface area contributed by atoms with Gasteiger partial charge in [-0.1, -0.05) is 6.42 Å². The first-order valence-electron chi connectivity index (χ1n) is 7.17. The number of imidazole rings is 1. The van der Waals surface area contributed by atoms with Gasteiger partial charge in [0, 0.05) is 25.7 Å². The molecular formula is C13H17ClN6. The summed E-state index contributed by atoms with van der Waals surface area (Å²) in [5.74, 6) is 0.891. The minimum atomic E-state index is 0.269. The second kappa shape index (κ2) is 4.86. The summed E-state index contributed by atoms with van der Waals surface area (Å²) in [7, 11) is 0. The molecule has 20 heavy (non-hydrogen) atoms. The first kappa shape index (κ1) is 12.3. The Kier molecular flexibility index (Phi) is 3.00. The minimum Gasteiger partial charge on any atom is -0.352 e. The molecule has 2 aliphatic heterocycles. The van der Waals surface area contributed by atoms with Crippen LogP contribution in [0, 0.1) is 0 Å². The van der Waals surface area contributed by atoms with Crippen molar-refractivity contribution < 1.29 is 0 Å². The van der Waals surface area contributed by atoms with Crippen LogP contribution in [0.3, 0.4) is 0 Å². The van der Waals surface area contributed by atoms with E-state index < -0.39 is 0 Å². The van der Waals surface area contributed by atoms with Crippen LogP contribution in [-0.4, -0.2) is 57.1 Å². The van der Waals surface area contributed by atoms with Crippen molar-refractivity contribution >= 4 is 28.6 Å². The molecule has 0 aliphatic carbocycles. The molecule has 0 aromatic carbocycles. The molecule has 2 fully saturated rings. The van der Waals surface area contributed by atoms with Crippen LogP contribution in [0.25, 0.3) is 11.2 Å². The number of fused-ring (bicyclic) bond motifs is 2. The molecule has 1 atom stereocenters. The molecule has 0 saturated carbocycles. The van der Waals surface area contributed by atoms with Crippen LogP contribution in [-0.2, 0) is 0 Å². The molecule has 6 nitrogen and oxygen atoms in total. The van der Waals surface area contributed by atoms with E-state index in [-0.39, 0.29) is 5.28 Å². The molecule has 2 saturated heterocycles. The zero-order valence-corrected chi connectivity index (χ0v) is 12.0. The lowest BCUT2D eigenvalue weighted by Crippen LogP contribution is -2.55. The van der Waals surface area contributed by atoms with Crippen LogP contribution in [0.5, 0.6) is 0 Å². The Balaban J connectivity index is 1.67. The Morgan fingerprint density at radius 1 is 1.20 bits per heavy atom. The van der Waals surface area contributed by atoms with Crippen molar-refractivity contribution in [2.45, 2.75) is 25.3 Å². The average molecular weight is 293 g/mol. The van der Waals surface area contributed by atoms with Gasteiger partial charge in [-0.25, -0.2) is 4.98 Å². The van der Waals surface area contributed by atoms with E-state index in [9.17, 15) is 0 Å². The van der Waals surface area contributed by atoms with E-state index >= 15 is 0 Å². The molecule has 2 aromatic heterocycles. The highest BCUT2D eigenvalue weighted by Gasteiger charge is 2.30. The lowest BCUT2D eigenvalue weighted by molar-refractivity contribution is 0.133. The number of rotatable bonds is 1. The van der Waals surface area contributed by atoms with Gasteiger partial charge in [0.15, 0.2) is 11.5 Å². The lowest BCUT2D eigenvalue weighted by atomic mass is 9.99. The van der Waals surface area contributed by atoms with Crippen molar-refractivity contribution in [3.05, 3.63) is 11.6 Å². The molecule has 2 aromatic rings. The van der Waals surface area contributed by atoms with Gasteiger partial charge in [-0.15, -0.1) is 0 Å². The summed E-state index contributed by atoms with van der Waals surface area (Å²) < 4.78 is 0. The maximum atomic E-state index is 6.02. The quantitative estimate of drug-likeness (QED) is 0.810. The van der Waals surface area contributed by atoms with E-state index in [4.69, 9.17) is 11.6 Å². The Bertz CT molecular complexity index is 626. The van der Waals surface area contributed by atoms with Gasteiger partial charge in [-0.05, 0) is 31.0 Å². The zero-order valence-electron chi connectivity index (χ0n) is 11.2. The summed E-state index contributed by atoms with van der Waals surface area (Å²) >= 11 is 6.02. The zero-order chi connectivity index (χ0) is 13.5. The molecule has 7 heteroatoms. The fourth-order valence-corrected chi connectivity index (χ4v) is 3.53. The van der Waals surface area contributed by atoms with Crippen LogP contribution >= 0.6 is 11.6 Å². The number of anilines is 1. The van der Waals surface area contributed by atoms with Gasteiger partial charge in [0.1, 0.15) is 5.52 Å². The summed E-state index contributed by atoms with van der Waals surface area (Å²) in [6.45, 7) is 4.34. The van der Waals surface area contributed by atoms with Gasteiger partial charge < -0.3 is 9.88 Å². The van der Waals surface area contributed by atoms with Crippen molar-refractivity contribution in [2.24, 2.45) is 0 Å². The molecule has 0 spiro atoms. The maximum Gasteiger partial charge on any atom is 0.226 e. The third-order valence-electron chi connectivity index (χ3n) is 4.38. The third-order valence-corrected chi connectivity index (χ3v) is 4.55. The van der Waals surface area contributed by atoms with E-state index in [2.05, 4.69) is 29.7 Å². The Morgan fingerprint density at radius 3 is 3.10 bits per heavy atom. The van der Waals surface area contributed by atoms with Crippen LogP contribution in [0.2, 0.25) is 5.28 Å². The molecule has 2 aliphatic rings. The number of aromatic amines is 1. The van der Waals surface area contributed by atoms with Gasteiger partial charge in [0.2, 0.25) is 5.28 Å². The topological polar surface area (TPSA) is 60.9 Å². The molecule has 0 amide bonds. The number of hydrogen-bond donors (Lipinski definition) is 1. The fraction of sp³-hybridized carbons (Fsp3) is 0.615. The first-order chi connectivity index (χ1) is 9.81. The normalized spacial score (nSPS) is 24.1. The number of H-pyrrole nitrogens is 1. The monoisotopic (exact) mass is 292 g/mol. The number of nitrogens with one attached hydrogen (secondary N) is 1. The van der Waals surface area contributed by atoms with Gasteiger partial charge in [0.05, 0.1) is 6.33 Å². The van der Waals surface area contributed by atoms with Crippen molar-refractivity contribution in [1.82, 2.24) is 24.8 Å². The highest BCUT2D eigenvalue weighted by Crippen LogP contribution is 2.27. The van der Waals surface area contributed by atoms with Crippen LogP contribution < -0.4 is 4.90 Å². The van der Waals surface area contributed by atoms with Crippen molar-refractivity contribution in [1.29, 1.82) is 0 Å². The first-order valence-corrected chi connectivity index (χ1v) is 7.55. The molecule has 106 valence electrons. The highest BCUT2D eigenvalue weighted by molar-refractivity contribution is 6.28. The van der Waals surface area contributed by atoms with Gasteiger partial charge in [-0.3, -0.25) is 4.90 Å². The average Bonchev–Trinajstić information content (AvgIpc) is 2.94. The Morgan fingerprint density at radius 2 is 2.15 bits per heavy atom. The highest BCUT2D eigenvalue weighted by atomic mass is 35.5. The van der Waals surface area contributed by atoms with E-state index in [1.54, 1.807) is 6.33 Å². The number of piperazine rings is 1. The summed E-state index contributed by atoms with van der Waals surface area (Å²) in [5.41, 5.74) is 1.53. The van der Waals surface area contributed by atoms with Crippen LogP contribution in [0.1, 0.15) is 19.3 Å². The molecule has 1 unspecified atom stereocenters. The van der Waals surface area contributed by atoms with Crippen molar-refractivity contribution in [3.8, 4) is 0 Å². The minimum absolute atomic E-state index is 0.269. The number of hydrogen-bond acceptors (Lipinski definition) is 5. The lowest BCUT2D eigenvalue weighted by Gasteiger charge is -2.44. The molecule has 1 N–H and O–H groups in total. The molecule has 4 rings (SSSR count). The number of aromatic nitrogens is 4. The maximum absolute atomic E-state index is 6.02. The third kappa shape index (κ3) is 2.03. The smallest absolute Gasteiger partial charge is 0.226 e. The van der Waals surface area contributed by atoms with Gasteiger partial charge in [0.25, 0.3) is 0 Å². The van der Waals surface area contributed by atoms with E-state index in [0.717, 1.165) is 31.0 Å². The summed E-state index contributed by atoms with van der Waals surface area (Å²) in [6, 6.07) is 0.643. The number of halogens is 1. The Labute approximate surface area is 122 Å². The molecular weight excluding hydrogens is 276 g/mol. The number of nitrogens with zero attached hydrogens (tertiary/aromatic N) is 5. The van der Waals surface area contributed by atoms with E-state index in [0.29, 0.717) is 11.7 Å². The standard InChI is InChI=1S/C13H17ClN6/c14-13-17-11-10(15-8-16-11)12(18-13)20-6-5-19-4-2-1-3-9(19)7-20/h8-9H,1-7H2,(H,15,16,17,18). The predicted molar refractivity (Wildman–Crippen MR) is 78.1 cm³/mol. The molecule has 0 radical (unpaired) electrons. The predicted octanol–water partition coefficient (Wildman–Crippen LogP) is 1.68. The van der Waals surface area contributed by atoms with Gasteiger partial charge >= 0.3 is 0 Å². The SMILES string of the molecule is Clc1nc(N2CCN3CCCCC3C2)c2[nH]cnc2n1. The largest absolute Gasteiger partial charge is 0.352 e. The van der Waals surface area contributed by atoms with Crippen molar-refractivity contribution in [3.63, 3.8) is 0 Å². The van der Waals surface area contributed by atoms with Crippen LogP contribution in [0.15, 0.2) is 6.33 Å². The summed E-state index contributed by atoms with van der Waals surface area (Å²) in [5, 5.41) is 0.269. The van der Waals surface area contributed by atoms with Crippen LogP contribution in [0.4, 0.5) is 5.82 Å². The van der Waals surface area contributed by atoms with Gasteiger partial charge in [-0.2, -0.15) is 9.97 Å². The summed E-state index contributed by atoms with van der Waals surface area (Å²) in [4.78, 5) is 20.8. The second-order valence-electron chi connectivity index (χ2n) is 5.55. The molecule has 4 heterocycles. The molecule has 0 bridgehead atoms. The fourth-order valence-electron chi connectivity index (χ4n) is 3.37. The Hall–Kier alpha value is -1.40. The number of piperidine rings is 1. The van der Waals surface area contributed by atoms with Crippen molar-refractivity contribution in [2.75, 3.05) is 31.1 Å². The van der Waals surface area contributed by atoms with E-state index in [1.165, 1.54) is 25.8 Å². The van der Waals surface area contributed by atoms with E-state index in [1.807, 2.05) is 0 Å².